The van der Waals surface area contributed by atoms with Crippen molar-refractivity contribution in [2.45, 2.75) is 0 Å². The number of aromatic nitrogens is 2. The summed E-state index contributed by atoms with van der Waals surface area (Å²) in [6, 6.07) is 13.2. The number of nitrogens with one attached hydrogen (secondary N) is 1. The lowest BCUT2D eigenvalue weighted by atomic mass is 10.3. The van der Waals surface area contributed by atoms with Crippen LogP contribution in [0.15, 0.2) is 53.8 Å². The van der Waals surface area contributed by atoms with Crippen LogP contribution in [0.2, 0.25) is 0 Å². The Hall–Kier alpha value is -2.47. The number of rotatable bonds is 2. The molecule has 0 unspecified atom stereocenters. The molecule has 2 heterocycles. The third-order valence-corrected chi connectivity index (χ3v) is 3.98. The molecule has 0 aliphatic carbocycles. The van der Waals surface area contributed by atoms with Crippen molar-refractivity contribution < 1.29 is 4.79 Å². The Kier molecular flexibility index (Phi) is 3.30. The number of nitrogens with zero attached hydrogens (tertiary/aromatic N) is 3. The average molecular weight is 284 g/mol. The topological polar surface area (TPSA) is 59.3 Å². The van der Waals surface area contributed by atoms with Gasteiger partial charge in [-0.1, -0.05) is 29.5 Å². The number of benzene rings is 1. The van der Waals surface area contributed by atoms with Crippen LogP contribution in [-0.2, 0) is 7.05 Å². The van der Waals surface area contributed by atoms with Crippen LogP contribution in [0.25, 0.3) is 10.2 Å². The monoisotopic (exact) mass is 284 g/mol. The molecule has 6 heteroatoms. The SMILES string of the molecule is Cn1/c(=N/NC(=O)c2ccccn2)sc2ccccc21. The fraction of sp³-hybridized carbons (Fsp3) is 0.0714. The third-order valence-electron chi connectivity index (χ3n) is 2.87. The molecule has 0 aliphatic rings. The van der Waals surface area contributed by atoms with Gasteiger partial charge in [-0.05, 0) is 24.3 Å². The van der Waals surface area contributed by atoms with E-state index >= 15 is 0 Å². The van der Waals surface area contributed by atoms with E-state index in [0.29, 0.717) is 5.69 Å². The highest BCUT2D eigenvalue weighted by Gasteiger charge is 2.05. The van der Waals surface area contributed by atoms with E-state index < -0.39 is 0 Å². The number of amides is 1. The molecular weight excluding hydrogens is 272 g/mol. The minimum Gasteiger partial charge on any atom is -0.318 e. The molecule has 0 saturated heterocycles. The minimum absolute atomic E-state index is 0.317. The fourth-order valence-corrected chi connectivity index (χ4v) is 2.82. The first-order valence-electron chi connectivity index (χ1n) is 6.05. The molecule has 0 atom stereocenters. The van der Waals surface area contributed by atoms with Gasteiger partial charge in [0.05, 0.1) is 10.2 Å². The maximum Gasteiger partial charge on any atom is 0.290 e. The summed E-state index contributed by atoms with van der Waals surface area (Å²) in [5.41, 5.74) is 3.96. The zero-order valence-corrected chi connectivity index (χ0v) is 11.6. The van der Waals surface area contributed by atoms with Crippen molar-refractivity contribution in [3.05, 3.63) is 59.2 Å². The predicted octanol–water partition coefficient (Wildman–Crippen LogP) is 1.88. The van der Waals surface area contributed by atoms with Gasteiger partial charge in [0.25, 0.3) is 5.91 Å². The number of hydrogen-bond donors (Lipinski definition) is 1. The molecule has 0 saturated carbocycles. The standard InChI is InChI=1S/C14H12N4OS/c1-18-11-7-2-3-8-12(11)20-14(18)17-16-13(19)10-6-4-5-9-15-10/h2-9H,1H3,(H,16,19)/b17-14-. The molecule has 3 aromatic rings. The van der Waals surface area contributed by atoms with Gasteiger partial charge in [0.1, 0.15) is 5.69 Å². The van der Waals surface area contributed by atoms with Crippen molar-refractivity contribution in [1.29, 1.82) is 0 Å². The van der Waals surface area contributed by atoms with Gasteiger partial charge in [0.15, 0.2) is 0 Å². The first-order chi connectivity index (χ1) is 9.75. The normalized spacial score (nSPS) is 11.8. The van der Waals surface area contributed by atoms with E-state index in [1.54, 1.807) is 24.4 Å². The summed E-state index contributed by atoms with van der Waals surface area (Å²) in [4.78, 5) is 16.6. The molecule has 0 fully saturated rings. The molecule has 1 aromatic carbocycles. The summed E-state index contributed by atoms with van der Waals surface area (Å²) < 4.78 is 3.07. The van der Waals surface area contributed by atoms with Crippen LogP contribution in [-0.4, -0.2) is 15.5 Å². The van der Waals surface area contributed by atoms with E-state index in [1.807, 2.05) is 35.9 Å². The van der Waals surface area contributed by atoms with Crippen LogP contribution >= 0.6 is 11.3 Å². The third kappa shape index (κ3) is 2.33. The molecule has 1 amide bonds. The number of pyridine rings is 1. The molecule has 3 rings (SSSR count). The maximum atomic E-state index is 11.9. The summed E-state index contributed by atoms with van der Waals surface area (Å²) in [5, 5.41) is 4.16. The Bertz CT molecular complexity index is 820. The van der Waals surface area contributed by atoms with Crippen molar-refractivity contribution in [3.8, 4) is 0 Å². The first-order valence-corrected chi connectivity index (χ1v) is 6.87. The average Bonchev–Trinajstić information content (AvgIpc) is 2.83. The van der Waals surface area contributed by atoms with Gasteiger partial charge in [-0.2, -0.15) is 0 Å². The summed E-state index contributed by atoms with van der Waals surface area (Å²) in [6.45, 7) is 0. The molecule has 0 bridgehead atoms. The molecule has 1 N–H and O–H groups in total. The summed E-state index contributed by atoms with van der Waals surface area (Å²) in [5.74, 6) is -0.317. The number of aryl methyl sites for hydroxylation is 1. The van der Waals surface area contributed by atoms with Gasteiger partial charge >= 0.3 is 0 Å². The maximum absolute atomic E-state index is 11.9. The Balaban J connectivity index is 1.92. The Morgan fingerprint density at radius 3 is 2.80 bits per heavy atom. The van der Waals surface area contributed by atoms with Gasteiger partial charge in [-0.25, -0.2) is 5.43 Å². The summed E-state index contributed by atoms with van der Waals surface area (Å²) in [7, 11) is 1.92. The van der Waals surface area contributed by atoms with Crippen LogP contribution in [0.4, 0.5) is 0 Å². The largest absolute Gasteiger partial charge is 0.318 e. The highest BCUT2D eigenvalue weighted by molar-refractivity contribution is 7.16. The first kappa shape index (κ1) is 12.6. The molecule has 100 valence electrons. The minimum atomic E-state index is -0.317. The zero-order valence-electron chi connectivity index (χ0n) is 10.8. The highest BCUT2D eigenvalue weighted by Crippen LogP contribution is 2.14. The van der Waals surface area contributed by atoms with Gasteiger partial charge in [-0.15, -0.1) is 5.10 Å². The Morgan fingerprint density at radius 2 is 2.05 bits per heavy atom. The lowest BCUT2D eigenvalue weighted by Gasteiger charge is -1.98. The second kappa shape index (κ2) is 5.26. The number of thiazole rings is 1. The van der Waals surface area contributed by atoms with Crippen molar-refractivity contribution >= 4 is 27.5 Å². The van der Waals surface area contributed by atoms with E-state index in [4.69, 9.17) is 0 Å². The smallest absolute Gasteiger partial charge is 0.290 e. The van der Waals surface area contributed by atoms with Gasteiger partial charge < -0.3 is 4.57 Å². The lowest BCUT2D eigenvalue weighted by Crippen LogP contribution is -2.23. The molecule has 0 spiro atoms. The summed E-state index contributed by atoms with van der Waals surface area (Å²) in [6.07, 6.45) is 1.58. The summed E-state index contributed by atoms with van der Waals surface area (Å²) >= 11 is 1.52. The number of fused-ring (bicyclic) bond motifs is 1. The zero-order chi connectivity index (χ0) is 13.9. The molecule has 20 heavy (non-hydrogen) atoms. The van der Waals surface area contributed by atoms with Crippen LogP contribution < -0.4 is 10.2 Å². The van der Waals surface area contributed by atoms with E-state index in [2.05, 4.69) is 15.5 Å². The van der Waals surface area contributed by atoms with Crippen LogP contribution in [0.1, 0.15) is 10.5 Å². The lowest BCUT2D eigenvalue weighted by molar-refractivity contribution is 0.0948. The quantitative estimate of drug-likeness (QED) is 0.730. The number of hydrogen-bond acceptors (Lipinski definition) is 4. The predicted molar refractivity (Wildman–Crippen MR) is 78.1 cm³/mol. The second-order valence-electron chi connectivity index (χ2n) is 4.18. The van der Waals surface area contributed by atoms with E-state index in [9.17, 15) is 4.79 Å². The van der Waals surface area contributed by atoms with Gasteiger partial charge in [0, 0.05) is 13.2 Å². The van der Waals surface area contributed by atoms with Crippen LogP contribution in [0, 0.1) is 0 Å². The van der Waals surface area contributed by atoms with Gasteiger partial charge in [0.2, 0.25) is 4.80 Å². The Morgan fingerprint density at radius 1 is 1.25 bits per heavy atom. The molecule has 0 aliphatic heterocycles. The second-order valence-corrected chi connectivity index (χ2v) is 5.19. The number of para-hydroxylation sites is 1. The number of carbonyl (C=O) groups is 1. The molecular formula is C14H12N4OS. The van der Waals surface area contributed by atoms with E-state index in [1.165, 1.54) is 11.3 Å². The van der Waals surface area contributed by atoms with Crippen LogP contribution in [0.5, 0.6) is 0 Å². The molecule has 2 aromatic heterocycles. The van der Waals surface area contributed by atoms with E-state index in [-0.39, 0.29) is 5.91 Å². The van der Waals surface area contributed by atoms with Gasteiger partial charge in [-0.3, -0.25) is 9.78 Å². The van der Waals surface area contributed by atoms with E-state index in [0.717, 1.165) is 15.0 Å². The number of carbonyl (C=O) groups excluding carboxylic acids is 1. The molecule has 0 radical (unpaired) electrons. The van der Waals surface area contributed by atoms with Crippen molar-refractivity contribution in [2.75, 3.05) is 0 Å². The van der Waals surface area contributed by atoms with Crippen molar-refractivity contribution in [2.24, 2.45) is 12.1 Å². The Labute approximate surface area is 119 Å². The highest BCUT2D eigenvalue weighted by atomic mass is 32.1. The fourth-order valence-electron chi connectivity index (χ4n) is 1.84. The van der Waals surface area contributed by atoms with Crippen molar-refractivity contribution in [3.63, 3.8) is 0 Å². The van der Waals surface area contributed by atoms with Crippen molar-refractivity contribution in [1.82, 2.24) is 15.0 Å². The molecule has 5 nitrogen and oxygen atoms in total. The van der Waals surface area contributed by atoms with Crippen LogP contribution in [0.3, 0.4) is 0 Å².